The monoisotopic (exact) mass is 403 g/mol. The summed E-state index contributed by atoms with van der Waals surface area (Å²) in [6.45, 7) is 0. The molecule has 1 aromatic heterocycles. The summed E-state index contributed by atoms with van der Waals surface area (Å²) in [6.07, 6.45) is 11.6. The third-order valence-electron chi connectivity index (χ3n) is 7.37. The Bertz CT molecular complexity index is 795. The molecule has 1 heterocycles. The average Bonchev–Trinajstić information content (AvgIpc) is 3.12. The predicted octanol–water partition coefficient (Wildman–Crippen LogP) is 3.24. The Labute approximate surface area is 169 Å². The van der Waals surface area contributed by atoms with E-state index in [1.165, 1.54) is 37.1 Å². The van der Waals surface area contributed by atoms with Crippen molar-refractivity contribution in [3.05, 3.63) is 16.4 Å². The van der Waals surface area contributed by atoms with E-state index in [4.69, 9.17) is 0 Å². The summed E-state index contributed by atoms with van der Waals surface area (Å²) in [4.78, 5) is 29.4. The Balaban J connectivity index is 1.28. The van der Waals surface area contributed by atoms with Gasteiger partial charge < -0.3 is 10.4 Å². The first-order chi connectivity index (χ1) is 13.5. The van der Waals surface area contributed by atoms with Gasteiger partial charge in [0.15, 0.2) is 5.16 Å². The van der Waals surface area contributed by atoms with Crippen LogP contribution in [0.25, 0.3) is 0 Å². The maximum absolute atomic E-state index is 12.8. The van der Waals surface area contributed by atoms with Crippen LogP contribution in [0.3, 0.4) is 0 Å². The molecule has 0 radical (unpaired) electrons. The van der Waals surface area contributed by atoms with E-state index in [0.717, 1.165) is 62.7 Å². The lowest BCUT2D eigenvalue weighted by atomic mass is 9.53. The molecule has 5 aliphatic rings. The highest BCUT2D eigenvalue weighted by Gasteiger charge is 2.51. The van der Waals surface area contributed by atoms with E-state index in [1.54, 1.807) is 4.57 Å². The van der Waals surface area contributed by atoms with Crippen molar-refractivity contribution < 1.29 is 9.90 Å². The largest absolute Gasteiger partial charge is 0.493 e. The Morgan fingerprint density at radius 1 is 1.18 bits per heavy atom. The zero-order chi connectivity index (χ0) is 19.3. The summed E-state index contributed by atoms with van der Waals surface area (Å²) in [7, 11) is 0. The van der Waals surface area contributed by atoms with Crippen LogP contribution < -0.4 is 10.9 Å². The summed E-state index contributed by atoms with van der Waals surface area (Å²) < 4.78 is 1.69. The smallest absolute Gasteiger partial charge is 0.258 e. The highest BCUT2D eigenvalue weighted by Crippen LogP contribution is 2.55. The Morgan fingerprint density at radius 3 is 2.39 bits per heavy atom. The quantitative estimate of drug-likeness (QED) is 0.582. The fraction of sp³-hybridized carbons (Fsp3) is 0.762. The minimum atomic E-state index is -0.261. The Kier molecular flexibility index (Phi) is 4.68. The molecular weight excluding hydrogens is 374 g/mol. The van der Waals surface area contributed by atoms with E-state index >= 15 is 0 Å². The SMILES string of the molecule is O=C(CSc1nc(O)cc(=O)n1C1CCCC1)NC12CC3CC(CC(C3)C1)C2. The van der Waals surface area contributed by atoms with E-state index < -0.39 is 0 Å². The van der Waals surface area contributed by atoms with Gasteiger partial charge in [-0.1, -0.05) is 24.6 Å². The van der Waals surface area contributed by atoms with E-state index in [-0.39, 0.29) is 34.7 Å². The van der Waals surface area contributed by atoms with Crippen molar-refractivity contribution in [3.63, 3.8) is 0 Å². The van der Waals surface area contributed by atoms with E-state index in [0.29, 0.717) is 5.16 Å². The second-order valence-electron chi connectivity index (χ2n) is 9.58. The number of nitrogens with zero attached hydrogens (tertiary/aromatic N) is 2. The molecule has 5 aliphatic carbocycles. The molecule has 7 heteroatoms. The van der Waals surface area contributed by atoms with Crippen LogP contribution in [0.4, 0.5) is 0 Å². The number of amides is 1. The fourth-order valence-electron chi connectivity index (χ4n) is 6.78. The summed E-state index contributed by atoms with van der Waals surface area (Å²) in [6, 6.07) is 1.31. The third kappa shape index (κ3) is 3.46. The molecule has 0 aliphatic heterocycles. The van der Waals surface area contributed by atoms with E-state index in [9.17, 15) is 14.7 Å². The first-order valence-electron chi connectivity index (χ1n) is 10.8. The van der Waals surface area contributed by atoms with Crippen molar-refractivity contribution >= 4 is 17.7 Å². The number of hydrogen-bond acceptors (Lipinski definition) is 5. The molecule has 6 nitrogen and oxygen atoms in total. The molecule has 1 amide bonds. The average molecular weight is 404 g/mol. The molecule has 152 valence electrons. The number of thioether (sulfide) groups is 1. The van der Waals surface area contributed by atoms with Crippen LogP contribution in [0, 0.1) is 17.8 Å². The van der Waals surface area contributed by atoms with Crippen LogP contribution in [-0.4, -0.2) is 31.9 Å². The molecule has 2 N–H and O–H groups in total. The minimum Gasteiger partial charge on any atom is -0.493 e. The number of hydrogen-bond donors (Lipinski definition) is 2. The Hall–Kier alpha value is -1.50. The number of rotatable bonds is 5. The standard InChI is InChI=1S/C21H29N3O3S/c25-17-8-19(27)24(16-3-1-2-4-16)20(22-17)28-12-18(26)23-21-9-13-5-14(10-21)7-15(6-13)11-21/h8,13-16,25H,1-7,9-12H2,(H,23,26). The second kappa shape index (κ2) is 7.08. The van der Waals surface area contributed by atoms with Gasteiger partial charge in [0.05, 0.1) is 11.8 Å². The maximum Gasteiger partial charge on any atom is 0.258 e. The van der Waals surface area contributed by atoms with Crippen molar-refractivity contribution in [3.8, 4) is 5.88 Å². The maximum atomic E-state index is 12.8. The van der Waals surface area contributed by atoms with E-state index in [1.807, 2.05) is 0 Å². The van der Waals surface area contributed by atoms with Gasteiger partial charge in [-0.3, -0.25) is 14.2 Å². The van der Waals surface area contributed by atoms with Crippen LogP contribution in [0.2, 0.25) is 0 Å². The van der Waals surface area contributed by atoms with Crippen molar-refractivity contribution in [2.45, 2.75) is 80.9 Å². The van der Waals surface area contributed by atoms with Crippen LogP contribution in [0.5, 0.6) is 5.88 Å². The fourth-order valence-corrected chi connectivity index (χ4v) is 7.65. The zero-order valence-electron chi connectivity index (χ0n) is 16.2. The molecule has 6 rings (SSSR count). The molecular formula is C21H29N3O3S. The van der Waals surface area contributed by atoms with E-state index in [2.05, 4.69) is 10.3 Å². The first kappa shape index (κ1) is 18.5. The predicted molar refractivity (Wildman–Crippen MR) is 107 cm³/mol. The molecule has 28 heavy (non-hydrogen) atoms. The van der Waals surface area contributed by atoms with Crippen molar-refractivity contribution in [1.29, 1.82) is 0 Å². The molecule has 4 bridgehead atoms. The lowest BCUT2D eigenvalue weighted by Gasteiger charge is -2.56. The summed E-state index contributed by atoms with van der Waals surface area (Å²) in [5.41, 5.74) is -0.215. The van der Waals surface area contributed by atoms with Gasteiger partial charge in [-0.2, -0.15) is 4.98 Å². The van der Waals surface area contributed by atoms with Crippen LogP contribution >= 0.6 is 11.8 Å². The molecule has 0 atom stereocenters. The number of nitrogens with one attached hydrogen (secondary N) is 1. The lowest BCUT2D eigenvalue weighted by molar-refractivity contribution is -0.124. The van der Waals surface area contributed by atoms with Gasteiger partial charge in [0.2, 0.25) is 11.8 Å². The van der Waals surface area contributed by atoms with Gasteiger partial charge in [0.1, 0.15) is 0 Å². The molecule has 0 unspecified atom stereocenters. The van der Waals surface area contributed by atoms with Crippen molar-refractivity contribution in [1.82, 2.24) is 14.9 Å². The first-order valence-corrected chi connectivity index (χ1v) is 11.7. The van der Waals surface area contributed by atoms with Gasteiger partial charge in [-0.15, -0.1) is 0 Å². The third-order valence-corrected chi connectivity index (χ3v) is 8.32. The van der Waals surface area contributed by atoms with Crippen LogP contribution in [0.1, 0.15) is 70.3 Å². The lowest BCUT2D eigenvalue weighted by Crippen LogP contribution is -2.60. The molecule has 0 saturated heterocycles. The number of carbonyl (C=O) groups excluding carboxylic acids is 1. The van der Waals surface area contributed by atoms with Gasteiger partial charge in [-0.25, -0.2) is 0 Å². The summed E-state index contributed by atoms with van der Waals surface area (Å²) in [5, 5.41) is 13.6. The topological polar surface area (TPSA) is 84.2 Å². The molecule has 1 aromatic rings. The van der Waals surface area contributed by atoms with Gasteiger partial charge >= 0.3 is 0 Å². The van der Waals surface area contributed by atoms with Gasteiger partial charge in [-0.05, 0) is 69.1 Å². The second-order valence-corrected chi connectivity index (χ2v) is 10.5. The molecule has 5 fully saturated rings. The zero-order valence-corrected chi connectivity index (χ0v) is 17.0. The highest BCUT2D eigenvalue weighted by atomic mass is 32.2. The molecule has 0 aromatic carbocycles. The molecule has 0 spiro atoms. The number of aromatic nitrogens is 2. The highest BCUT2D eigenvalue weighted by molar-refractivity contribution is 7.99. The summed E-state index contributed by atoms with van der Waals surface area (Å²) >= 11 is 1.28. The van der Waals surface area contributed by atoms with Gasteiger partial charge in [0.25, 0.3) is 5.56 Å². The normalized spacial score (nSPS) is 34.1. The van der Waals surface area contributed by atoms with Crippen molar-refractivity contribution in [2.75, 3.05) is 5.75 Å². The van der Waals surface area contributed by atoms with Crippen LogP contribution in [-0.2, 0) is 4.79 Å². The summed E-state index contributed by atoms with van der Waals surface area (Å²) in [5.74, 6) is 2.38. The Morgan fingerprint density at radius 2 is 1.79 bits per heavy atom. The minimum absolute atomic E-state index is 0.00374. The number of aromatic hydroxyl groups is 1. The van der Waals surface area contributed by atoms with Crippen molar-refractivity contribution in [2.24, 2.45) is 17.8 Å². The van der Waals surface area contributed by atoms with Gasteiger partial charge in [0, 0.05) is 11.6 Å². The van der Waals surface area contributed by atoms with Crippen LogP contribution in [0.15, 0.2) is 16.0 Å². The molecule has 5 saturated carbocycles. The number of carbonyl (C=O) groups is 1.